The number of carbonyl (C=O) groups is 1. The molecule has 0 atom stereocenters. The predicted octanol–water partition coefficient (Wildman–Crippen LogP) is 2.91. The molecule has 0 saturated carbocycles. The summed E-state index contributed by atoms with van der Waals surface area (Å²) in [5.41, 5.74) is 0.598. The Morgan fingerprint density at radius 1 is 0.889 bits per heavy atom. The normalized spacial score (nSPS) is 10.0. The van der Waals surface area contributed by atoms with Crippen molar-refractivity contribution in [2.24, 2.45) is 0 Å². The number of aromatic hydroxyl groups is 2. The van der Waals surface area contributed by atoms with Crippen molar-refractivity contribution in [1.29, 1.82) is 0 Å². The molecular weight excluding hydrogens is 234 g/mol. The van der Waals surface area contributed by atoms with Crippen LogP contribution in [0.4, 0.5) is 16.2 Å². The summed E-state index contributed by atoms with van der Waals surface area (Å²) in [6, 6.07) is 12.1. The average Bonchev–Trinajstić information content (AvgIpc) is 2.28. The average molecular weight is 245 g/mol. The molecule has 0 aliphatic rings. The Bertz CT molecular complexity index is 548. The van der Waals surface area contributed by atoms with Crippen molar-refractivity contribution in [2.75, 3.05) is 4.90 Å². The Morgan fingerprint density at radius 2 is 1.44 bits per heavy atom. The van der Waals surface area contributed by atoms with Gasteiger partial charge in [-0.3, -0.25) is 0 Å². The monoisotopic (exact) mass is 245 g/mol. The molecule has 0 aliphatic heterocycles. The zero-order valence-electron chi connectivity index (χ0n) is 9.32. The first-order valence-corrected chi connectivity index (χ1v) is 5.19. The van der Waals surface area contributed by atoms with Crippen LogP contribution in [0.3, 0.4) is 0 Å². The molecule has 0 aliphatic carbocycles. The highest BCUT2D eigenvalue weighted by atomic mass is 16.4. The second kappa shape index (κ2) is 4.67. The van der Waals surface area contributed by atoms with E-state index in [-0.39, 0.29) is 17.2 Å². The number of hydrogen-bond donors (Lipinski definition) is 3. The molecule has 0 bridgehead atoms. The molecule has 0 unspecified atom stereocenters. The molecule has 2 rings (SSSR count). The Kier molecular flexibility index (Phi) is 3.05. The van der Waals surface area contributed by atoms with Crippen LogP contribution in [0.25, 0.3) is 0 Å². The molecular formula is C13H11NO4. The van der Waals surface area contributed by atoms with Gasteiger partial charge in [-0.2, -0.15) is 0 Å². The number of phenols is 2. The van der Waals surface area contributed by atoms with E-state index in [1.54, 1.807) is 30.3 Å². The van der Waals surface area contributed by atoms with E-state index in [1.807, 2.05) is 0 Å². The Balaban J connectivity index is 2.52. The Morgan fingerprint density at radius 3 is 1.94 bits per heavy atom. The van der Waals surface area contributed by atoms with E-state index in [1.165, 1.54) is 12.1 Å². The minimum atomic E-state index is -1.20. The number of carboxylic acid groups (broad SMARTS) is 1. The van der Waals surface area contributed by atoms with Crippen molar-refractivity contribution in [3.8, 4) is 11.5 Å². The third kappa shape index (κ3) is 2.35. The van der Waals surface area contributed by atoms with Crippen molar-refractivity contribution in [1.82, 2.24) is 0 Å². The maximum Gasteiger partial charge on any atom is 0.416 e. The fourth-order valence-corrected chi connectivity index (χ4v) is 1.66. The van der Waals surface area contributed by atoms with Crippen molar-refractivity contribution in [3.63, 3.8) is 0 Å². The van der Waals surface area contributed by atoms with Gasteiger partial charge in [-0.15, -0.1) is 0 Å². The summed E-state index contributed by atoms with van der Waals surface area (Å²) < 4.78 is 0. The lowest BCUT2D eigenvalue weighted by molar-refractivity contribution is 0.205. The zero-order chi connectivity index (χ0) is 13.1. The standard InChI is InChI=1S/C13H11NO4/c15-11-6-10(7-12(16)8-11)14(13(17)18)9-4-2-1-3-5-9/h1-8,15-16H,(H,17,18). The van der Waals surface area contributed by atoms with Crippen LogP contribution in [0.5, 0.6) is 11.5 Å². The summed E-state index contributed by atoms with van der Waals surface area (Å²) >= 11 is 0. The largest absolute Gasteiger partial charge is 0.508 e. The van der Waals surface area contributed by atoms with Gasteiger partial charge in [0, 0.05) is 18.2 Å². The maximum absolute atomic E-state index is 11.3. The number of hydrogen-bond acceptors (Lipinski definition) is 3. The van der Waals surface area contributed by atoms with E-state index in [0.29, 0.717) is 5.69 Å². The molecule has 18 heavy (non-hydrogen) atoms. The van der Waals surface area contributed by atoms with Crippen molar-refractivity contribution < 1.29 is 20.1 Å². The maximum atomic E-state index is 11.3. The number of nitrogens with zero attached hydrogens (tertiary/aromatic N) is 1. The number of benzene rings is 2. The first-order chi connectivity index (χ1) is 8.58. The lowest BCUT2D eigenvalue weighted by Gasteiger charge is -2.19. The zero-order valence-corrected chi connectivity index (χ0v) is 9.32. The summed E-state index contributed by atoms with van der Waals surface area (Å²) in [6.07, 6.45) is -1.20. The fraction of sp³-hybridized carbons (Fsp3) is 0. The highest BCUT2D eigenvalue weighted by Crippen LogP contribution is 2.31. The van der Waals surface area contributed by atoms with E-state index in [4.69, 9.17) is 0 Å². The molecule has 3 N–H and O–H groups in total. The van der Waals surface area contributed by atoms with Crippen molar-refractivity contribution >= 4 is 17.5 Å². The number of amides is 1. The SMILES string of the molecule is O=C(O)N(c1ccccc1)c1cc(O)cc(O)c1. The second-order valence-electron chi connectivity index (χ2n) is 3.66. The van der Waals surface area contributed by atoms with Crippen LogP contribution in [0.1, 0.15) is 0 Å². The van der Waals surface area contributed by atoms with Gasteiger partial charge >= 0.3 is 6.09 Å². The summed E-state index contributed by atoms with van der Waals surface area (Å²) in [6.45, 7) is 0. The second-order valence-corrected chi connectivity index (χ2v) is 3.66. The third-order valence-corrected chi connectivity index (χ3v) is 2.35. The molecule has 2 aromatic carbocycles. The van der Waals surface area contributed by atoms with Gasteiger partial charge in [-0.05, 0) is 12.1 Å². The quantitative estimate of drug-likeness (QED) is 0.759. The molecule has 1 amide bonds. The van der Waals surface area contributed by atoms with Gasteiger partial charge in [0.2, 0.25) is 0 Å². The van der Waals surface area contributed by atoms with E-state index >= 15 is 0 Å². The minimum absolute atomic E-state index is 0.172. The van der Waals surface area contributed by atoms with Crippen LogP contribution in [0.2, 0.25) is 0 Å². The number of phenolic OH excluding ortho intramolecular Hbond substituents is 2. The molecule has 92 valence electrons. The van der Waals surface area contributed by atoms with E-state index in [0.717, 1.165) is 11.0 Å². The van der Waals surface area contributed by atoms with E-state index in [2.05, 4.69) is 0 Å². The van der Waals surface area contributed by atoms with Crippen LogP contribution < -0.4 is 4.90 Å². The molecule has 0 aromatic heterocycles. The first-order valence-electron chi connectivity index (χ1n) is 5.19. The topological polar surface area (TPSA) is 81.0 Å². The summed E-state index contributed by atoms with van der Waals surface area (Å²) in [4.78, 5) is 12.3. The molecule has 0 heterocycles. The molecule has 5 nitrogen and oxygen atoms in total. The first kappa shape index (κ1) is 11.8. The summed E-state index contributed by atoms with van der Waals surface area (Å²) in [5.74, 6) is -0.403. The predicted molar refractivity (Wildman–Crippen MR) is 66.4 cm³/mol. The van der Waals surface area contributed by atoms with Gasteiger partial charge in [-0.1, -0.05) is 18.2 Å². The van der Waals surface area contributed by atoms with Gasteiger partial charge in [0.25, 0.3) is 0 Å². The van der Waals surface area contributed by atoms with E-state index in [9.17, 15) is 20.1 Å². The highest BCUT2D eigenvalue weighted by molar-refractivity contribution is 5.95. The molecule has 0 saturated heterocycles. The summed E-state index contributed by atoms with van der Waals surface area (Å²) in [5, 5.41) is 28.0. The van der Waals surface area contributed by atoms with Gasteiger partial charge in [-0.25, -0.2) is 9.69 Å². The van der Waals surface area contributed by atoms with Crippen molar-refractivity contribution in [2.45, 2.75) is 0 Å². The van der Waals surface area contributed by atoms with Crippen LogP contribution in [0.15, 0.2) is 48.5 Å². The van der Waals surface area contributed by atoms with Crippen LogP contribution >= 0.6 is 0 Å². The third-order valence-electron chi connectivity index (χ3n) is 2.35. The van der Waals surface area contributed by atoms with Gasteiger partial charge in [0.15, 0.2) is 0 Å². The minimum Gasteiger partial charge on any atom is -0.508 e. The Hall–Kier alpha value is -2.69. The molecule has 0 spiro atoms. The number of rotatable bonds is 2. The van der Waals surface area contributed by atoms with Gasteiger partial charge < -0.3 is 15.3 Å². The molecule has 5 heteroatoms. The van der Waals surface area contributed by atoms with Crippen LogP contribution in [0, 0.1) is 0 Å². The lowest BCUT2D eigenvalue weighted by atomic mass is 10.2. The number of anilines is 2. The highest BCUT2D eigenvalue weighted by Gasteiger charge is 2.17. The van der Waals surface area contributed by atoms with Crippen molar-refractivity contribution in [3.05, 3.63) is 48.5 Å². The summed E-state index contributed by atoms with van der Waals surface area (Å²) in [7, 11) is 0. The lowest BCUT2D eigenvalue weighted by Crippen LogP contribution is -2.23. The van der Waals surface area contributed by atoms with Crippen LogP contribution in [-0.4, -0.2) is 21.4 Å². The Labute approximate surface area is 103 Å². The van der Waals surface area contributed by atoms with E-state index < -0.39 is 6.09 Å². The van der Waals surface area contributed by atoms with Gasteiger partial charge in [0.05, 0.1) is 11.4 Å². The van der Waals surface area contributed by atoms with Gasteiger partial charge in [0.1, 0.15) is 11.5 Å². The molecule has 2 aromatic rings. The molecule has 0 fully saturated rings. The number of para-hydroxylation sites is 1. The molecule has 0 radical (unpaired) electrons. The van der Waals surface area contributed by atoms with Crippen LogP contribution in [-0.2, 0) is 0 Å². The fourth-order valence-electron chi connectivity index (χ4n) is 1.66. The smallest absolute Gasteiger partial charge is 0.416 e.